The first-order valence-corrected chi connectivity index (χ1v) is 8.35. The molecule has 6 heteroatoms. The number of rotatable bonds is 4. The van der Waals surface area contributed by atoms with Crippen LogP contribution in [0, 0.1) is 0 Å². The summed E-state index contributed by atoms with van der Waals surface area (Å²) < 4.78 is 5.46. The molecule has 1 saturated heterocycles. The number of hydrazine groups is 1. The normalized spacial score (nSPS) is 19.0. The summed E-state index contributed by atoms with van der Waals surface area (Å²) in [5.74, 6) is -0.424. The van der Waals surface area contributed by atoms with Gasteiger partial charge in [0, 0.05) is 19.0 Å². The Bertz CT molecular complexity index is 569. The highest BCUT2D eigenvalue weighted by Crippen LogP contribution is 2.12. The van der Waals surface area contributed by atoms with Crippen molar-refractivity contribution in [3.8, 4) is 0 Å². The first-order valence-electron chi connectivity index (χ1n) is 8.35. The number of carbonyl (C=O) groups is 2. The maximum absolute atomic E-state index is 12.5. The number of esters is 1. The SMILES string of the molecule is CC1CCN(C(=O)N[C@@H](Cc2ccccc2)C(=O)OC(C)(C)C)N1. The number of hydrogen-bond donors (Lipinski definition) is 2. The lowest BCUT2D eigenvalue weighted by molar-refractivity contribution is -0.157. The topological polar surface area (TPSA) is 70.7 Å². The molecule has 1 unspecified atom stereocenters. The maximum atomic E-state index is 12.5. The Morgan fingerprint density at radius 2 is 2.00 bits per heavy atom. The molecule has 132 valence electrons. The summed E-state index contributed by atoms with van der Waals surface area (Å²) in [7, 11) is 0. The minimum Gasteiger partial charge on any atom is -0.458 e. The second-order valence-electron chi connectivity index (χ2n) is 7.20. The summed E-state index contributed by atoms with van der Waals surface area (Å²) in [4.78, 5) is 24.9. The van der Waals surface area contributed by atoms with Crippen LogP contribution < -0.4 is 10.7 Å². The Hall–Kier alpha value is -2.08. The van der Waals surface area contributed by atoms with Gasteiger partial charge in [-0.05, 0) is 39.7 Å². The third-order valence-corrected chi connectivity index (χ3v) is 3.68. The van der Waals surface area contributed by atoms with Gasteiger partial charge in [-0.1, -0.05) is 30.3 Å². The Labute approximate surface area is 143 Å². The zero-order valence-corrected chi connectivity index (χ0v) is 14.8. The van der Waals surface area contributed by atoms with Crippen LogP contribution in [0.5, 0.6) is 0 Å². The molecule has 0 radical (unpaired) electrons. The summed E-state index contributed by atoms with van der Waals surface area (Å²) in [6, 6.07) is 8.83. The van der Waals surface area contributed by atoms with Crippen LogP contribution in [0.1, 0.15) is 39.7 Å². The van der Waals surface area contributed by atoms with Crippen LogP contribution >= 0.6 is 0 Å². The maximum Gasteiger partial charge on any atom is 0.332 e. The van der Waals surface area contributed by atoms with E-state index in [4.69, 9.17) is 4.74 Å². The van der Waals surface area contributed by atoms with Crippen molar-refractivity contribution in [1.29, 1.82) is 0 Å². The van der Waals surface area contributed by atoms with Crippen molar-refractivity contribution in [2.75, 3.05) is 6.54 Å². The predicted molar refractivity (Wildman–Crippen MR) is 92.2 cm³/mol. The Kier molecular flexibility index (Phi) is 5.83. The van der Waals surface area contributed by atoms with E-state index >= 15 is 0 Å². The van der Waals surface area contributed by atoms with Crippen LogP contribution in [0.25, 0.3) is 0 Å². The molecule has 1 aromatic rings. The number of hydrogen-bond acceptors (Lipinski definition) is 4. The van der Waals surface area contributed by atoms with E-state index in [-0.39, 0.29) is 12.1 Å². The minimum atomic E-state index is -0.725. The van der Waals surface area contributed by atoms with Crippen LogP contribution in [-0.2, 0) is 16.0 Å². The molecule has 2 rings (SSSR count). The van der Waals surface area contributed by atoms with Gasteiger partial charge in [0.15, 0.2) is 0 Å². The van der Waals surface area contributed by atoms with Crippen molar-refractivity contribution in [1.82, 2.24) is 15.8 Å². The van der Waals surface area contributed by atoms with Crippen LogP contribution in [0.15, 0.2) is 30.3 Å². The van der Waals surface area contributed by atoms with Gasteiger partial charge in [-0.2, -0.15) is 0 Å². The van der Waals surface area contributed by atoms with Gasteiger partial charge in [0.2, 0.25) is 0 Å². The summed E-state index contributed by atoms with van der Waals surface area (Å²) in [6.07, 6.45) is 1.29. The second kappa shape index (κ2) is 7.66. The van der Waals surface area contributed by atoms with Gasteiger partial charge in [0.1, 0.15) is 11.6 Å². The quantitative estimate of drug-likeness (QED) is 0.829. The highest BCUT2D eigenvalue weighted by Gasteiger charge is 2.30. The average Bonchev–Trinajstić information content (AvgIpc) is 2.92. The summed E-state index contributed by atoms with van der Waals surface area (Å²) >= 11 is 0. The van der Waals surface area contributed by atoms with Crippen LogP contribution in [0.3, 0.4) is 0 Å². The monoisotopic (exact) mass is 333 g/mol. The lowest BCUT2D eigenvalue weighted by Crippen LogP contribution is -2.52. The Balaban J connectivity index is 2.06. The fraction of sp³-hybridized carbons (Fsp3) is 0.556. The summed E-state index contributed by atoms with van der Waals surface area (Å²) in [5.41, 5.74) is 3.45. The van der Waals surface area contributed by atoms with Crippen molar-refractivity contribution in [3.05, 3.63) is 35.9 Å². The van der Waals surface area contributed by atoms with Gasteiger partial charge in [0.05, 0.1) is 0 Å². The van der Waals surface area contributed by atoms with Crippen molar-refractivity contribution >= 4 is 12.0 Å². The first-order chi connectivity index (χ1) is 11.2. The van der Waals surface area contributed by atoms with Crippen molar-refractivity contribution in [2.45, 2.75) is 58.2 Å². The summed E-state index contributed by atoms with van der Waals surface area (Å²) in [6.45, 7) is 8.09. The highest BCUT2D eigenvalue weighted by atomic mass is 16.6. The van der Waals surface area contributed by atoms with Crippen molar-refractivity contribution in [2.24, 2.45) is 0 Å². The Morgan fingerprint density at radius 3 is 2.54 bits per heavy atom. The highest BCUT2D eigenvalue weighted by molar-refractivity contribution is 5.84. The fourth-order valence-corrected chi connectivity index (χ4v) is 2.52. The largest absolute Gasteiger partial charge is 0.458 e. The molecular formula is C18H27N3O3. The van der Waals surface area contributed by atoms with Gasteiger partial charge in [0.25, 0.3) is 0 Å². The molecule has 1 heterocycles. The molecule has 1 aliphatic rings. The average molecular weight is 333 g/mol. The zero-order valence-electron chi connectivity index (χ0n) is 14.8. The molecule has 24 heavy (non-hydrogen) atoms. The lowest BCUT2D eigenvalue weighted by atomic mass is 10.1. The van der Waals surface area contributed by atoms with E-state index < -0.39 is 17.6 Å². The number of amides is 2. The number of carbonyl (C=O) groups excluding carboxylic acids is 2. The third kappa shape index (κ3) is 5.53. The number of nitrogens with zero attached hydrogens (tertiary/aromatic N) is 1. The van der Waals surface area contributed by atoms with E-state index in [1.807, 2.05) is 58.0 Å². The molecule has 0 aromatic heterocycles. The smallest absolute Gasteiger partial charge is 0.332 e. The molecule has 1 fully saturated rings. The molecule has 0 saturated carbocycles. The van der Waals surface area contributed by atoms with Gasteiger partial charge in [-0.15, -0.1) is 0 Å². The first kappa shape index (κ1) is 18.3. The van der Waals surface area contributed by atoms with Crippen LogP contribution in [-0.4, -0.2) is 41.2 Å². The van der Waals surface area contributed by atoms with Crippen molar-refractivity contribution in [3.63, 3.8) is 0 Å². The van der Waals surface area contributed by atoms with E-state index in [2.05, 4.69) is 10.7 Å². The molecule has 0 spiro atoms. The predicted octanol–water partition coefficient (Wildman–Crippen LogP) is 2.25. The number of ether oxygens (including phenoxy) is 1. The van der Waals surface area contributed by atoms with Crippen LogP contribution in [0.2, 0.25) is 0 Å². The molecule has 0 bridgehead atoms. The number of urea groups is 1. The van der Waals surface area contributed by atoms with Gasteiger partial charge in [-0.3, -0.25) is 5.01 Å². The fourth-order valence-electron chi connectivity index (χ4n) is 2.52. The van der Waals surface area contributed by atoms with Crippen molar-refractivity contribution < 1.29 is 14.3 Å². The minimum absolute atomic E-state index is 0.254. The molecule has 6 nitrogen and oxygen atoms in total. The summed E-state index contributed by atoms with van der Waals surface area (Å²) in [5, 5.41) is 4.32. The van der Waals surface area contributed by atoms with Gasteiger partial charge in [-0.25, -0.2) is 15.0 Å². The molecular weight excluding hydrogens is 306 g/mol. The van der Waals surface area contributed by atoms with Crippen LogP contribution in [0.4, 0.5) is 4.79 Å². The molecule has 2 amide bonds. The van der Waals surface area contributed by atoms with Gasteiger partial charge < -0.3 is 10.1 Å². The molecule has 1 aromatic carbocycles. The molecule has 2 N–H and O–H groups in total. The number of nitrogens with one attached hydrogen (secondary N) is 2. The van der Waals surface area contributed by atoms with E-state index in [0.29, 0.717) is 13.0 Å². The van der Waals surface area contributed by atoms with E-state index in [1.54, 1.807) is 0 Å². The molecule has 1 aliphatic heterocycles. The van der Waals surface area contributed by atoms with E-state index in [9.17, 15) is 9.59 Å². The standard InChI is InChI=1S/C18H27N3O3/c1-13-10-11-21(20-13)17(23)19-15(16(22)24-18(2,3)4)12-14-8-6-5-7-9-14/h5-9,13,15,20H,10-12H2,1-4H3,(H,19,23)/t13?,15-/m0/s1. The van der Waals surface area contributed by atoms with E-state index in [1.165, 1.54) is 5.01 Å². The number of benzene rings is 1. The second-order valence-corrected chi connectivity index (χ2v) is 7.20. The lowest BCUT2D eigenvalue weighted by Gasteiger charge is -2.26. The molecule has 0 aliphatic carbocycles. The van der Waals surface area contributed by atoms with E-state index in [0.717, 1.165) is 12.0 Å². The third-order valence-electron chi connectivity index (χ3n) is 3.68. The van der Waals surface area contributed by atoms with Gasteiger partial charge >= 0.3 is 12.0 Å². The molecule has 2 atom stereocenters. The zero-order chi connectivity index (χ0) is 17.7. The Morgan fingerprint density at radius 1 is 1.33 bits per heavy atom.